The van der Waals surface area contributed by atoms with Crippen LogP contribution in [0.15, 0.2) is 57.4 Å². The molecule has 1 N–H and O–H groups in total. The van der Waals surface area contributed by atoms with Crippen LogP contribution >= 0.6 is 27.5 Å². The third kappa shape index (κ3) is 3.31. The van der Waals surface area contributed by atoms with Crippen molar-refractivity contribution in [2.75, 3.05) is 0 Å². The zero-order valence-electron chi connectivity index (χ0n) is 11.6. The first-order valence-corrected chi connectivity index (χ1v) is 7.96. The van der Waals surface area contributed by atoms with Gasteiger partial charge in [-0.1, -0.05) is 35.9 Å². The van der Waals surface area contributed by atoms with Crippen molar-refractivity contribution in [1.82, 2.24) is 5.32 Å². The Morgan fingerprint density at radius 2 is 2.00 bits per heavy atom. The second kappa shape index (κ2) is 6.22. The molecular weight excluding hydrogens is 350 g/mol. The normalized spacial score (nSPS) is 12.7. The molecule has 3 aromatic rings. The molecule has 1 unspecified atom stereocenters. The number of nitrogens with one attached hydrogen (secondary N) is 1. The Labute approximate surface area is 137 Å². The Morgan fingerprint density at radius 3 is 2.76 bits per heavy atom. The molecule has 2 nitrogen and oxygen atoms in total. The van der Waals surface area contributed by atoms with Crippen LogP contribution in [0.3, 0.4) is 0 Å². The maximum atomic E-state index is 6.11. The molecule has 4 heteroatoms. The minimum Gasteiger partial charge on any atom is -0.459 e. The summed E-state index contributed by atoms with van der Waals surface area (Å²) in [6.45, 7) is 2.84. The molecule has 0 spiro atoms. The molecule has 0 radical (unpaired) electrons. The van der Waals surface area contributed by atoms with Crippen LogP contribution in [0.4, 0.5) is 0 Å². The first-order valence-electron chi connectivity index (χ1n) is 6.79. The van der Waals surface area contributed by atoms with E-state index in [1.807, 2.05) is 36.4 Å². The maximum Gasteiger partial charge on any atom is 0.134 e. The predicted molar refractivity (Wildman–Crippen MR) is 90.6 cm³/mol. The van der Waals surface area contributed by atoms with Crippen molar-refractivity contribution in [3.8, 4) is 0 Å². The molecule has 0 aliphatic carbocycles. The fourth-order valence-electron chi connectivity index (χ4n) is 2.24. The lowest BCUT2D eigenvalue weighted by Crippen LogP contribution is -2.17. The Morgan fingerprint density at radius 1 is 1.19 bits per heavy atom. The van der Waals surface area contributed by atoms with Gasteiger partial charge >= 0.3 is 0 Å². The average molecular weight is 365 g/mol. The third-order valence-corrected chi connectivity index (χ3v) is 4.70. The molecule has 0 saturated carbocycles. The standard InChI is InChI=1S/C17H15BrClNO/c1-11(17-9-13-4-2-3-5-16(13)21-17)20-10-12-6-7-14(18)15(19)8-12/h2-9,11,20H,10H2,1H3. The maximum absolute atomic E-state index is 6.11. The second-order valence-corrected chi connectivity index (χ2v) is 6.30. The lowest BCUT2D eigenvalue weighted by atomic mass is 10.2. The Bertz CT molecular complexity index is 735. The van der Waals surface area contributed by atoms with Gasteiger partial charge in [0.05, 0.1) is 11.1 Å². The van der Waals surface area contributed by atoms with Crippen LogP contribution in [-0.2, 0) is 6.54 Å². The number of halogens is 2. The Balaban J connectivity index is 1.70. The van der Waals surface area contributed by atoms with Crippen LogP contribution in [0.2, 0.25) is 5.02 Å². The van der Waals surface area contributed by atoms with Crippen LogP contribution in [0.25, 0.3) is 11.0 Å². The summed E-state index contributed by atoms with van der Waals surface area (Å²) in [4.78, 5) is 0. The van der Waals surface area contributed by atoms with Gasteiger partial charge < -0.3 is 9.73 Å². The van der Waals surface area contributed by atoms with E-state index >= 15 is 0 Å². The van der Waals surface area contributed by atoms with Crippen molar-refractivity contribution in [3.05, 3.63) is 69.3 Å². The van der Waals surface area contributed by atoms with E-state index in [4.69, 9.17) is 16.0 Å². The highest BCUT2D eigenvalue weighted by molar-refractivity contribution is 9.10. The van der Waals surface area contributed by atoms with Crippen LogP contribution in [0, 0.1) is 0 Å². The van der Waals surface area contributed by atoms with Crippen molar-refractivity contribution < 1.29 is 4.42 Å². The summed E-state index contributed by atoms with van der Waals surface area (Å²) in [6.07, 6.45) is 0. The van der Waals surface area contributed by atoms with Gasteiger partial charge in [0.1, 0.15) is 11.3 Å². The fraction of sp³-hybridized carbons (Fsp3) is 0.176. The first-order chi connectivity index (χ1) is 10.1. The summed E-state index contributed by atoms with van der Waals surface area (Å²) in [5, 5.41) is 5.31. The van der Waals surface area contributed by atoms with Crippen LogP contribution < -0.4 is 5.32 Å². The molecule has 1 heterocycles. The van der Waals surface area contributed by atoms with E-state index in [2.05, 4.69) is 40.3 Å². The minimum atomic E-state index is 0.139. The van der Waals surface area contributed by atoms with Crippen molar-refractivity contribution in [1.29, 1.82) is 0 Å². The lowest BCUT2D eigenvalue weighted by Gasteiger charge is -2.11. The molecule has 0 bridgehead atoms. The molecule has 0 fully saturated rings. The number of hydrogen-bond donors (Lipinski definition) is 1. The highest BCUT2D eigenvalue weighted by Crippen LogP contribution is 2.25. The van der Waals surface area contributed by atoms with Crippen LogP contribution in [0.1, 0.15) is 24.3 Å². The molecule has 0 aliphatic heterocycles. The lowest BCUT2D eigenvalue weighted by molar-refractivity contribution is 0.451. The van der Waals surface area contributed by atoms with E-state index in [9.17, 15) is 0 Å². The van der Waals surface area contributed by atoms with Gasteiger partial charge in [-0.15, -0.1) is 0 Å². The van der Waals surface area contributed by atoms with Crippen molar-refractivity contribution >= 4 is 38.5 Å². The molecule has 1 aromatic heterocycles. The van der Waals surface area contributed by atoms with Gasteiger partial charge in [-0.3, -0.25) is 0 Å². The number of benzene rings is 2. The number of fused-ring (bicyclic) bond motifs is 1. The van der Waals surface area contributed by atoms with Crippen molar-refractivity contribution in [2.45, 2.75) is 19.5 Å². The van der Waals surface area contributed by atoms with Crippen LogP contribution in [0.5, 0.6) is 0 Å². The smallest absolute Gasteiger partial charge is 0.134 e. The average Bonchev–Trinajstić information content (AvgIpc) is 2.92. The number of rotatable bonds is 4. The van der Waals surface area contributed by atoms with Gasteiger partial charge in [0, 0.05) is 16.4 Å². The molecule has 108 valence electrons. The largest absolute Gasteiger partial charge is 0.459 e. The highest BCUT2D eigenvalue weighted by atomic mass is 79.9. The molecule has 2 aromatic carbocycles. The summed E-state index contributed by atoms with van der Waals surface area (Å²) in [7, 11) is 0. The highest BCUT2D eigenvalue weighted by Gasteiger charge is 2.11. The fourth-order valence-corrected chi connectivity index (χ4v) is 2.69. The zero-order chi connectivity index (χ0) is 14.8. The van der Waals surface area contributed by atoms with Crippen LogP contribution in [-0.4, -0.2) is 0 Å². The van der Waals surface area contributed by atoms with E-state index in [-0.39, 0.29) is 6.04 Å². The summed E-state index contributed by atoms with van der Waals surface area (Å²) in [5.74, 6) is 0.944. The minimum absolute atomic E-state index is 0.139. The summed E-state index contributed by atoms with van der Waals surface area (Å²) >= 11 is 9.50. The van der Waals surface area contributed by atoms with Crippen molar-refractivity contribution in [3.63, 3.8) is 0 Å². The molecule has 0 amide bonds. The zero-order valence-corrected chi connectivity index (χ0v) is 13.9. The van der Waals surface area contributed by atoms with Gasteiger partial charge in [0.25, 0.3) is 0 Å². The molecule has 3 rings (SSSR count). The van der Waals surface area contributed by atoms with E-state index in [1.54, 1.807) is 0 Å². The Kier molecular flexibility index (Phi) is 4.34. The molecule has 1 atom stereocenters. The second-order valence-electron chi connectivity index (χ2n) is 5.04. The number of para-hydroxylation sites is 1. The first kappa shape index (κ1) is 14.6. The van der Waals surface area contributed by atoms with Gasteiger partial charge in [0.2, 0.25) is 0 Å². The molecule has 0 saturated heterocycles. The monoisotopic (exact) mass is 363 g/mol. The quantitative estimate of drug-likeness (QED) is 0.642. The SMILES string of the molecule is CC(NCc1ccc(Br)c(Cl)c1)c1cc2ccccc2o1. The van der Waals surface area contributed by atoms with Gasteiger partial charge in [-0.2, -0.15) is 0 Å². The van der Waals surface area contributed by atoms with E-state index < -0.39 is 0 Å². The van der Waals surface area contributed by atoms with Gasteiger partial charge in [-0.25, -0.2) is 0 Å². The van der Waals surface area contributed by atoms with E-state index in [0.717, 1.165) is 38.3 Å². The molecular formula is C17H15BrClNO. The predicted octanol–water partition coefficient (Wildman–Crippen LogP) is 5.70. The molecule has 0 aliphatic rings. The molecule has 21 heavy (non-hydrogen) atoms. The number of hydrogen-bond acceptors (Lipinski definition) is 2. The van der Waals surface area contributed by atoms with Gasteiger partial charge in [-0.05, 0) is 52.7 Å². The summed E-state index contributed by atoms with van der Waals surface area (Å²) in [5.41, 5.74) is 2.07. The third-order valence-electron chi connectivity index (χ3n) is 3.47. The summed E-state index contributed by atoms with van der Waals surface area (Å²) in [6, 6.07) is 16.2. The van der Waals surface area contributed by atoms with Gasteiger partial charge in [0.15, 0.2) is 0 Å². The van der Waals surface area contributed by atoms with E-state index in [0.29, 0.717) is 0 Å². The topological polar surface area (TPSA) is 25.2 Å². The van der Waals surface area contributed by atoms with Crippen molar-refractivity contribution in [2.24, 2.45) is 0 Å². The summed E-state index contributed by atoms with van der Waals surface area (Å²) < 4.78 is 6.78. The van der Waals surface area contributed by atoms with E-state index in [1.165, 1.54) is 0 Å². The number of furan rings is 1. The Hall–Kier alpha value is -1.29.